The van der Waals surface area contributed by atoms with Gasteiger partial charge in [0.05, 0.1) is 0 Å². The molecule has 0 radical (unpaired) electrons. The van der Waals surface area contributed by atoms with E-state index in [1.807, 2.05) is 18.2 Å². The molecule has 100 valence electrons. The molecule has 18 heavy (non-hydrogen) atoms. The second-order valence-corrected chi connectivity index (χ2v) is 5.59. The Bertz CT molecular complexity index is 367. The van der Waals surface area contributed by atoms with Crippen LogP contribution >= 0.6 is 11.6 Å². The van der Waals surface area contributed by atoms with Gasteiger partial charge in [-0.25, -0.2) is 0 Å². The molecule has 3 heteroatoms. The maximum atomic E-state index is 5.96. The molecule has 2 rings (SSSR count). The lowest BCUT2D eigenvalue weighted by Crippen LogP contribution is -2.38. The topological polar surface area (TPSA) is 15.3 Å². The van der Waals surface area contributed by atoms with Gasteiger partial charge in [-0.2, -0.15) is 0 Å². The van der Waals surface area contributed by atoms with E-state index < -0.39 is 0 Å². The van der Waals surface area contributed by atoms with E-state index in [1.165, 1.54) is 32.4 Å². The van der Waals surface area contributed by atoms with Gasteiger partial charge in [0.1, 0.15) is 0 Å². The van der Waals surface area contributed by atoms with Crippen molar-refractivity contribution in [2.24, 2.45) is 5.92 Å². The number of nitrogens with one attached hydrogen (secondary N) is 1. The van der Waals surface area contributed by atoms with Crippen LogP contribution < -0.4 is 5.32 Å². The summed E-state index contributed by atoms with van der Waals surface area (Å²) in [4.78, 5) is 2.58. The lowest BCUT2D eigenvalue weighted by atomic mass is 9.96. The van der Waals surface area contributed by atoms with Crippen molar-refractivity contribution in [1.82, 2.24) is 4.90 Å². The van der Waals surface area contributed by atoms with Crippen LogP contribution in [0.3, 0.4) is 0 Å². The van der Waals surface area contributed by atoms with Crippen LogP contribution in [0.15, 0.2) is 24.3 Å². The van der Waals surface area contributed by atoms with Gasteiger partial charge in [0.25, 0.3) is 0 Å². The molecule has 0 amide bonds. The summed E-state index contributed by atoms with van der Waals surface area (Å²) >= 11 is 5.96. The van der Waals surface area contributed by atoms with Crippen molar-refractivity contribution in [3.05, 3.63) is 29.3 Å². The van der Waals surface area contributed by atoms with E-state index >= 15 is 0 Å². The maximum absolute atomic E-state index is 5.96. The molecule has 1 atom stereocenters. The van der Waals surface area contributed by atoms with Crippen molar-refractivity contribution in [2.45, 2.75) is 26.2 Å². The SMILES string of the molecule is CCC1CCCN(CCNc2cccc(Cl)c2)C1. The second kappa shape index (κ2) is 7.01. The predicted octanol–water partition coefficient (Wildman–Crippen LogP) is 3.87. The van der Waals surface area contributed by atoms with Crippen molar-refractivity contribution in [3.8, 4) is 0 Å². The van der Waals surface area contributed by atoms with Crippen LogP contribution in [0.2, 0.25) is 5.02 Å². The Balaban J connectivity index is 1.72. The highest BCUT2D eigenvalue weighted by Crippen LogP contribution is 2.19. The van der Waals surface area contributed by atoms with Gasteiger partial charge in [-0.3, -0.25) is 0 Å². The second-order valence-electron chi connectivity index (χ2n) is 5.15. The highest BCUT2D eigenvalue weighted by atomic mass is 35.5. The Kier molecular flexibility index (Phi) is 5.33. The average Bonchev–Trinajstić information content (AvgIpc) is 2.39. The first kappa shape index (κ1) is 13.7. The number of hydrogen-bond donors (Lipinski definition) is 1. The lowest BCUT2D eigenvalue weighted by Gasteiger charge is -2.32. The van der Waals surface area contributed by atoms with Gasteiger partial charge in [0, 0.05) is 30.3 Å². The molecule has 1 N–H and O–H groups in total. The third-order valence-corrected chi connectivity index (χ3v) is 4.00. The smallest absolute Gasteiger partial charge is 0.0426 e. The quantitative estimate of drug-likeness (QED) is 0.870. The Morgan fingerprint density at radius 3 is 3.11 bits per heavy atom. The van der Waals surface area contributed by atoms with E-state index in [9.17, 15) is 0 Å². The Morgan fingerprint density at radius 1 is 1.44 bits per heavy atom. The van der Waals surface area contributed by atoms with Gasteiger partial charge < -0.3 is 10.2 Å². The Morgan fingerprint density at radius 2 is 2.33 bits per heavy atom. The summed E-state index contributed by atoms with van der Waals surface area (Å²) < 4.78 is 0. The van der Waals surface area contributed by atoms with Crippen LogP contribution in [0.5, 0.6) is 0 Å². The summed E-state index contributed by atoms with van der Waals surface area (Å²) in [5.41, 5.74) is 1.12. The van der Waals surface area contributed by atoms with Crippen LogP contribution in [0, 0.1) is 5.92 Å². The van der Waals surface area contributed by atoms with Gasteiger partial charge in [-0.05, 0) is 43.5 Å². The lowest BCUT2D eigenvalue weighted by molar-refractivity contribution is 0.177. The monoisotopic (exact) mass is 266 g/mol. The number of nitrogens with zero attached hydrogens (tertiary/aromatic N) is 1. The van der Waals surface area contributed by atoms with Gasteiger partial charge in [-0.15, -0.1) is 0 Å². The highest BCUT2D eigenvalue weighted by Gasteiger charge is 2.17. The Hall–Kier alpha value is -0.730. The zero-order valence-corrected chi connectivity index (χ0v) is 11.9. The molecule has 1 aliphatic heterocycles. The van der Waals surface area contributed by atoms with E-state index in [1.54, 1.807) is 0 Å². The van der Waals surface area contributed by atoms with Crippen molar-refractivity contribution in [1.29, 1.82) is 0 Å². The summed E-state index contributed by atoms with van der Waals surface area (Å²) in [6, 6.07) is 7.94. The standard InChI is InChI=1S/C15H23ClN2/c1-2-13-5-4-9-18(12-13)10-8-17-15-7-3-6-14(16)11-15/h3,6-7,11,13,17H,2,4-5,8-10,12H2,1H3. The molecule has 0 spiro atoms. The van der Waals surface area contributed by atoms with E-state index in [4.69, 9.17) is 11.6 Å². The summed E-state index contributed by atoms with van der Waals surface area (Å²) in [6.07, 6.45) is 4.09. The third-order valence-electron chi connectivity index (χ3n) is 3.76. The minimum Gasteiger partial charge on any atom is -0.384 e. The van der Waals surface area contributed by atoms with Crippen LogP contribution in [0.4, 0.5) is 5.69 Å². The molecular formula is C15H23ClN2. The molecule has 1 aliphatic rings. The zero-order valence-electron chi connectivity index (χ0n) is 11.2. The van der Waals surface area contributed by atoms with E-state index in [0.717, 1.165) is 29.7 Å². The molecule has 2 nitrogen and oxygen atoms in total. The number of rotatable bonds is 5. The first-order valence-corrected chi connectivity index (χ1v) is 7.37. The number of likely N-dealkylation sites (tertiary alicyclic amines) is 1. The highest BCUT2D eigenvalue weighted by molar-refractivity contribution is 6.30. The molecule has 1 saturated heterocycles. The molecule has 0 saturated carbocycles. The molecule has 1 aromatic carbocycles. The maximum Gasteiger partial charge on any atom is 0.0426 e. The van der Waals surface area contributed by atoms with Gasteiger partial charge in [0.2, 0.25) is 0 Å². The van der Waals surface area contributed by atoms with E-state index in [2.05, 4.69) is 23.2 Å². The van der Waals surface area contributed by atoms with Crippen molar-refractivity contribution in [2.75, 3.05) is 31.5 Å². The first-order chi connectivity index (χ1) is 8.78. The van der Waals surface area contributed by atoms with E-state index in [-0.39, 0.29) is 0 Å². The number of hydrogen-bond acceptors (Lipinski definition) is 2. The van der Waals surface area contributed by atoms with Gasteiger partial charge in [-0.1, -0.05) is 31.0 Å². The van der Waals surface area contributed by atoms with Crippen molar-refractivity contribution >= 4 is 17.3 Å². The fourth-order valence-electron chi connectivity index (χ4n) is 2.64. The molecule has 0 aromatic heterocycles. The fourth-order valence-corrected chi connectivity index (χ4v) is 2.83. The fraction of sp³-hybridized carbons (Fsp3) is 0.600. The average molecular weight is 267 g/mol. The molecule has 0 bridgehead atoms. The molecular weight excluding hydrogens is 244 g/mol. The molecule has 1 heterocycles. The van der Waals surface area contributed by atoms with Crippen molar-refractivity contribution in [3.63, 3.8) is 0 Å². The molecule has 1 fully saturated rings. The number of piperidine rings is 1. The normalized spacial score (nSPS) is 20.9. The minimum absolute atomic E-state index is 0.795. The number of anilines is 1. The number of benzene rings is 1. The largest absolute Gasteiger partial charge is 0.384 e. The third kappa shape index (κ3) is 4.18. The summed E-state index contributed by atoms with van der Waals surface area (Å²) in [5.74, 6) is 0.907. The van der Waals surface area contributed by atoms with Crippen LogP contribution in [0.25, 0.3) is 0 Å². The van der Waals surface area contributed by atoms with Crippen LogP contribution in [-0.4, -0.2) is 31.1 Å². The Labute approximate surface area is 115 Å². The summed E-state index contributed by atoms with van der Waals surface area (Å²) in [6.45, 7) is 6.96. The minimum atomic E-state index is 0.795. The molecule has 1 aromatic rings. The summed E-state index contributed by atoms with van der Waals surface area (Å²) in [7, 11) is 0. The zero-order chi connectivity index (χ0) is 12.8. The van der Waals surface area contributed by atoms with E-state index in [0.29, 0.717) is 0 Å². The molecule has 0 aliphatic carbocycles. The molecule has 1 unspecified atom stereocenters. The van der Waals surface area contributed by atoms with Crippen molar-refractivity contribution < 1.29 is 0 Å². The summed E-state index contributed by atoms with van der Waals surface area (Å²) in [5, 5.41) is 4.23. The van der Waals surface area contributed by atoms with Gasteiger partial charge in [0.15, 0.2) is 0 Å². The predicted molar refractivity (Wildman–Crippen MR) is 79.4 cm³/mol. The van der Waals surface area contributed by atoms with Gasteiger partial charge >= 0.3 is 0 Å². The number of halogens is 1. The first-order valence-electron chi connectivity index (χ1n) is 6.99. The van der Waals surface area contributed by atoms with Crippen LogP contribution in [-0.2, 0) is 0 Å². The van der Waals surface area contributed by atoms with Crippen LogP contribution in [0.1, 0.15) is 26.2 Å².